The smallest absolute Gasteiger partial charge is 0.271 e. The fourth-order valence-corrected chi connectivity index (χ4v) is 2.72. The third kappa shape index (κ3) is 2.82. The summed E-state index contributed by atoms with van der Waals surface area (Å²) in [6, 6.07) is 0. The molecule has 0 aliphatic rings. The van der Waals surface area contributed by atoms with Crippen LogP contribution in [0.3, 0.4) is 0 Å². The van der Waals surface area contributed by atoms with Crippen molar-refractivity contribution in [1.29, 1.82) is 0 Å². The molecular weight excluding hydrogens is 274 g/mol. The first kappa shape index (κ1) is 14.5. The van der Waals surface area contributed by atoms with Crippen molar-refractivity contribution in [3.8, 4) is 0 Å². The van der Waals surface area contributed by atoms with Gasteiger partial charge in [-0.2, -0.15) is 5.10 Å². The number of nitrogens with zero attached hydrogens (tertiary/aromatic N) is 3. The van der Waals surface area contributed by atoms with Crippen LogP contribution in [0.4, 0.5) is 5.69 Å². The lowest BCUT2D eigenvalue weighted by Gasteiger charge is -2.10. The van der Waals surface area contributed by atoms with Gasteiger partial charge in [-0.1, -0.05) is 13.8 Å². The van der Waals surface area contributed by atoms with Gasteiger partial charge in [0.25, 0.3) is 5.91 Å². The van der Waals surface area contributed by atoms with E-state index >= 15 is 0 Å². The number of hydrogen-bond donors (Lipinski definition) is 2. The van der Waals surface area contributed by atoms with Crippen LogP contribution in [0.2, 0.25) is 0 Å². The molecule has 1 atom stereocenters. The number of carbonyl (C=O) groups is 1. The molecule has 0 fully saturated rings. The standard InChI is InChI=1S/C13H19N5OS/c1-4-9-10(14)11(18(3)17-9)12(19)16-7-8(2)13-15-5-6-20-13/h5-6,8H,4,7,14H2,1-3H3,(H,16,19). The SMILES string of the molecule is CCc1nn(C)c(C(=O)NCC(C)c2nccs2)c1N. The summed E-state index contributed by atoms with van der Waals surface area (Å²) < 4.78 is 1.54. The predicted molar refractivity (Wildman–Crippen MR) is 79.9 cm³/mol. The largest absolute Gasteiger partial charge is 0.395 e. The summed E-state index contributed by atoms with van der Waals surface area (Å²) in [7, 11) is 1.73. The Hall–Kier alpha value is -1.89. The van der Waals surface area contributed by atoms with Crippen LogP contribution in [-0.2, 0) is 13.5 Å². The van der Waals surface area contributed by atoms with Gasteiger partial charge in [-0.05, 0) is 6.42 Å². The van der Waals surface area contributed by atoms with Crippen molar-refractivity contribution in [2.75, 3.05) is 12.3 Å². The quantitative estimate of drug-likeness (QED) is 0.876. The van der Waals surface area contributed by atoms with Gasteiger partial charge in [-0.25, -0.2) is 4.98 Å². The summed E-state index contributed by atoms with van der Waals surface area (Å²) in [5.74, 6) is -0.0142. The molecular formula is C13H19N5OS. The molecule has 2 aromatic heterocycles. The molecule has 0 radical (unpaired) electrons. The molecule has 0 aromatic carbocycles. The number of nitrogen functional groups attached to an aromatic ring is 1. The summed E-state index contributed by atoms with van der Waals surface area (Å²) in [4.78, 5) is 16.5. The Balaban J connectivity index is 2.04. The van der Waals surface area contributed by atoms with E-state index in [-0.39, 0.29) is 11.8 Å². The minimum absolute atomic E-state index is 0.180. The van der Waals surface area contributed by atoms with E-state index in [0.29, 0.717) is 24.3 Å². The van der Waals surface area contributed by atoms with Crippen molar-refractivity contribution in [1.82, 2.24) is 20.1 Å². The molecule has 1 amide bonds. The highest BCUT2D eigenvalue weighted by Crippen LogP contribution is 2.19. The Morgan fingerprint density at radius 2 is 2.35 bits per heavy atom. The zero-order valence-electron chi connectivity index (χ0n) is 11.9. The average molecular weight is 293 g/mol. The van der Waals surface area contributed by atoms with Crippen LogP contribution >= 0.6 is 11.3 Å². The highest BCUT2D eigenvalue weighted by Gasteiger charge is 2.19. The normalized spacial score (nSPS) is 12.3. The summed E-state index contributed by atoms with van der Waals surface area (Å²) in [6.07, 6.45) is 2.48. The number of aryl methyl sites for hydroxylation is 2. The van der Waals surface area contributed by atoms with Crippen LogP contribution in [0.1, 0.15) is 41.0 Å². The van der Waals surface area contributed by atoms with Gasteiger partial charge >= 0.3 is 0 Å². The van der Waals surface area contributed by atoms with Gasteiger partial charge in [0, 0.05) is 31.1 Å². The van der Waals surface area contributed by atoms with Gasteiger partial charge in [0.1, 0.15) is 5.69 Å². The number of nitrogens with two attached hydrogens (primary N) is 1. The molecule has 2 heterocycles. The van der Waals surface area contributed by atoms with E-state index in [9.17, 15) is 4.79 Å². The molecule has 0 bridgehead atoms. The lowest BCUT2D eigenvalue weighted by Crippen LogP contribution is -2.29. The van der Waals surface area contributed by atoms with Crippen molar-refractivity contribution in [3.63, 3.8) is 0 Å². The van der Waals surface area contributed by atoms with Gasteiger partial charge in [0.15, 0.2) is 0 Å². The van der Waals surface area contributed by atoms with E-state index in [0.717, 1.165) is 10.7 Å². The van der Waals surface area contributed by atoms with Crippen molar-refractivity contribution < 1.29 is 4.79 Å². The molecule has 7 heteroatoms. The average Bonchev–Trinajstić information content (AvgIpc) is 3.04. The first-order chi connectivity index (χ1) is 9.54. The molecule has 0 aliphatic carbocycles. The van der Waals surface area contributed by atoms with E-state index in [4.69, 9.17) is 5.73 Å². The van der Waals surface area contributed by atoms with Crippen LogP contribution in [0.25, 0.3) is 0 Å². The summed E-state index contributed by atoms with van der Waals surface area (Å²) in [6.45, 7) is 4.52. The minimum atomic E-state index is -0.194. The minimum Gasteiger partial charge on any atom is -0.395 e. The van der Waals surface area contributed by atoms with Gasteiger partial charge in [-0.3, -0.25) is 9.48 Å². The topological polar surface area (TPSA) is 85.8 Å². The Kier molecular flexibility index (Phi) is 4.39. The third-order valence-corrected chi connectivity index (χ3v) is 4.16. The van der Waals surface area contributed by atoms with Crippen LogP contribution in [-0.4, -0.2) is 27.2 Å². The molecule has 2 aromatic rings. The maximum atomic E-state index is 12.2. The summed E-state index contributed by atoms with van der Waals surface area (Å²) >= 11 is 1.59. The Labute approximate surface area is 122 Å². The van der Waals surface area contributed by atoms with E-state index in [1.54, 1.807) is 24.6 Å². The Bertz CT molecular complexity index is 590. The lowest BCUT2D eigenvalue weighted by molar-refractivity contribution is 0.0943. The van der Waals surface area contributed by atoms with Crippen molar-refractivity contribution in [2.45, 2.75) is 26.2 Å². The second-order valence-electron chi connectivity index (χ2n) is 4.67. The highest BCUT2D eigenvalue weighted by molar-refractivity contribution is 7.09. The summed E-state index contributed by atoms with van der Waals surface area (Å²) in [5, 5.41) is 10.1. The van der Waals surface area contributed by atoms with Gasteiger partial charge < -0.3 is 11.1 Å². The van der Waals surface area contributed by atoms with E-state index in [2.05, 4.69) is 15.4 Å². The van der Waals surface area contributed by atoms with E-state index in [1.807, 2.05) is 19.2 Å². The maximum Gasteiger partial charge on any atom is 0.271 e. The first-order valence-electron chi connectivity index (χ1n) is 6.53. The zero-order valence-corrected chi connectivity index (χ0v) is 12.7. The Morgan fingerprint density at radius 3 is 2.90 bits per heavy atom. The number of hydrogen-bond acceptors (Lipinski definition) is 5. The third-order valence-electron chi connectivity index (χ3n) is 3.15. The van der Waals surface area contributed by atoms with Crippen molar-refractivity contribution in [3.05, 3.63) is 28.0 Å². The second-order valence-corrected chi connectivity index (χ2v) is 5.59. The predicted octanol–water partition coefficient (Wildman–Crippen LogP) is 1.55. The maximum absolute atomic E-state index is 12.2. The fraction of sp³-hybridized carbons (Fsp3) is 0.462. The van der Waals surface area contributed by atoms with Crippen LogP contribution in [0.5, 0.6) is 0 Å². The molecule has 2 rings (SSSR count). The second kappa shape index (κ2) is 6.04. The molecule has 20 heavy (non-hydrogen) atoms. The molecule has 3 N–H and O–H groups in total. The van der Waals surface area contributed by atoms with Crippen molar-refractivity contribution >= 4 is 22.9 Å². The number of thiazole rings is 1. The van der Waals surface area contributed by atoms with Crippen LogP contribution < -0.4 is 11.1 Å². The van der Waals surface area contributed by atoms with Crippen LogP contribution in [0, 0.1) is 0 Å². The van der Waals surface area contributed by atoms with Gasteiger partial charge in [-0.15, -0.1) is 11.3 Å². The van der Waals surface area contributed by atoms with Crippen molar-refractivity contribution in [2.24, 2.45) is 7.05 Å². The molecule has 0 saturated heterocycles. The number of carbonyl (C=O) groups excluding carboxylic acids is 1. The first-order valence-corrected chi connectivity index (χ1v) is 7.41. The lowest BCUT2D eigenvalue weighted by atomic mass is 10.2. The van der Waals surface area contributed by atoms with Gasteiger partial charge in [0.2, 0.25) is 0 Å². The molecule has 0 saturated carbocycles. The van der Waals surface area contributed by atoms with Gasteiger partial charge in [0.05, 0.1) is 16.4 Å². The highest BCUT2D eigenvalue weighted by atomic mass is 32.1. The van der Waals surface area contributed by atoms with E-state index in [1.165, 1.54) is 4.68 Å². The number of rotatable bonds is 5. The number of anilines is 1. The fourth-order valence-electron chi connectivity index (χ4n) is 2.02. The monoisotopic (exact) mass is 293 g/mol. The molecule has 108 valence electrons. The molecule has 0 aliphatic heterocycles. The van der Waals surface area contributed by atoms with Crippen LogP contribution in [0.15, 0.2) is 11.6 Å². The summed E-state index contributed by atoms with van der Waals surface area (Å²) in [5.41, 5.74) is 7.61. The number of nitrogens with one attached hydrogen (secondary N) is 1. The number of amides is 1. The zero-order chi connectivity index (χ0) is 14.7. The Morgan fingerprint density at radius 1 is 1.60 bits per heavy atom. The molecule has 0 spiro atoms. The van der Waals surface area contributed by atoms with E-state index < -0.39 is 0 Å². The molecule has 6 nitrogen and oxygen atoms in total. The molecule has 1 unspecified atom stereocenters. The number of aromatic nitrogens is 3.